The van der Waals surface area contributed by atoms with E-state index in [9.17, 15) is 0 Å². The highest BCUT2D eigenvalue weighted by Gasteiger charge is 1.95. The van der Waals surface area contributed by atoms with Crippen LogP contribution in [0.5, 0.6) is 0 Å². The second kappa shape index (κ2) is 8.22. The van der Waals surface area contributed by atoms with Gasteiger partial charge < -0.3 is 10.2 Å². The maximum absolute atomic E-state index is 9.07. The summed E-state index contributed by atoms with van der Waals surface area (Å²) < 4.78 is 0. The fraction of sp³-hybridized carbons (Fsp3) is 0.200. The Kier molecular flexibility index (Phi) is 7.27. The van der Waals surface area contributed by atoms with Crippen LogP contribution < -0.4 is 0 Å². The van der Waals surface area contributed by atoms with Crippen LogP contribution in [-0.4, -0.2) is 10.2 Å². The van der Waals surface area contributed by atoms with Crippen LogP contribution in [0.1, 0.15) is 20.3 Å². The largest absolute Gasteiger partial charge is 0.513 e. The Morgan fingerprint density at radius 1 is 0.824 bits per heavy atom. The van der Waals surface area contributed by atoms with Crippen molar-refractivity contribution in [3.63, 3.8) is 0 Å². The zero-order chi connectivity index (χ0) is 13.3. The molecule has 0 atom stereocenters. The van der Waals surface area contributed by atoms with Gasteiger partial charge in [-0.2, -0.15) is 0 Å². The highest BCUT2D eigenvalue weighted by atomic mass is 16.3. The maximum Gasteiger partial charge on any atom is 0.0891 e. The molecule has 0 spiro atoms. The first-order valence-corrected chi connectivity index (χ1v) is 5.37. The molecule has 0 unspecified atom stereocenters. The molecule has 0 aliphatic carbocycles. The Morgan fingerprint density at radius 3 is 1.41 bits per heavy atom. The van der Waals surface area contributed by atoms with Gasteiger partial charge in [-0.15, -0.1) is 0 Å². The zero-order valence-corrected chi connectivity index (χ0v) is 10.5. The molecule has 2 N–H and O–H groups in total. The summed E-state index contributed by atoms with van der Waals surface area (Å²) in [5.74, 6) is 0.499. The molecule has 0 saturated heterocycles. The van der Waals surface area contributed by atoms with Crippen molar-refractivity contribution in [2.45, 2.75) is 20.3 Å². The Bertz CT molecular complexity index is 347. The first-order chi connectivity index (χ1) is 7.99. The molecule has 0 saturated carbocycles. The second-order valence-electron chi connectivity index (χ2n) is 3.68. The minimum absolute atomic E-state index is 0.250. The molecule has 0 rings (SSSR count). The van der Waals surface area contributed by atoms with Gasteiger partial charge in [0.25, 0.3) is 0 Å². The van der Waals surface area contributed by atoms with Crippen molar-refractivity contribution in [3.8, 4) is 0 Å². The molecule has 0 radical (unpaired) electrons. The van der Waals surface area contributed by atoms with E-state index in [1.54, 1.807) is 50.3 Å². The number of aliphatic hydroxyl groups excluding tert-OH is 2. The van der Waals surface area contributed by atoms with Crippen molar-refractivity contribution >= 4 is 0 Å². The molecule has 0 heterocycles. The van der Waals surface area contributed by atoms with Crippen LogP contribution in [0.3, 0.4) is 0 Å². The quantitative estimate of drug-likeness (QED) is 0.522. The first kappa shape index (κ1) is 15.0. The van der Waals surface area contributed by atoms with Crippen molar-refractivity contribution in [1.29, 1.82) is 0 Å². The fourth-order valence-electron chi connectivity index (χ4n) is 1.09. The van der Waals surface area contributed by atoms with Gasteiger partial charge in [0.15, 0.2) is 0 Å². The topological polar surface area (TPSA) is 40.5 Å². The predicted molar refractivity (Wildman–Crippen MR) is 73.9 cm³/mol. The van der Waals surface area contributed by atoms with Crippen molar-refractivity contribution in [1.82, 2.24) is 0 Å². The van der Waals surface area contributed by atoms with Crippen LogP contribution in [0.15, 0.2) is 72.3 Å². The smallest absolute Gasteiger partial charge is 0.0891 e. The van der Waals surface area contributed by atoms with Gasteiger partial charge in [-0.3, -0.25) is 0 Å². The van der Waals surface area contributed by atoms with E-state index in [-0.39, 0.29) is 11.5 Å². The molecule has 2 nitrogen and oxygen atoms in total. The minimum atomic E-state index is 0.250. The molecule has 2 heteroatoms. The van der Waals surface area contributed by atoms with Crippen LogP contribution in [0.25, 0.3) is 0 Å². The van der Waals surface area contributed by atoms with Crippen molar-refractivity contribution < 1.29 is 10.2 Å². The second-order valence-corrected chi connectivity index (χ2v) is 3.68. The molecule has 0 fully saturated rings. The van der Waals surface area contributed by atoms with Gasteiger partial charge in [-0.25, -0.2) is 0 Å². The number of rotatable bonds is 6. The summed E-state index contributed by atoms with van der Waals surface area (Å²) >= 11 is 0. The van der Waals surface area contributed by atoms with E-state index in [0.29, 0.717) is 6.42 Å². The summed E-state index contributed by atoms with van der Waals surface area (Å²) in [6.07, 6.45) is 10.9. The third-order valence-corrected chi connectivity index (χ3v) is 2.01. The third kappa shape index (κ3) is 7.91. The van der Waals surface area contributed by atoms with Gasteiger partial charge in [-0.05, 0) is 43.6 Å². The molecule has 92 valence electrons. The average Bonchev–Trinajstić information content (AvgIpc) is 2.27. The lowest BCUT2D eigenvalue weighted by atomic mass is 10.0. The van der Waals surface area contributed by atoms with Gasteiger partial charge >= 0.3 is 0 Å². The van der Waals surface area contributed by atoms with E-state index in [4.69, 9.17) is 10.2 Å². The summed E-state index contributed by atoms with van der Waals surface area (Å²) in [6, 6.07) is 0. The lowest BCUT2D eigenvalue weighted by molar-refractivity contribution is 0.414. The Balaban J connectivity index is 4.87. The van der Waals surface area contributed by atoms with Crippen LogP contribution in [0.2, 0.25) is 0 Å². The predicted octanol–water partition coefficient (Wildman–Crippen LogP) is 4.52. The van der Waals surface area contributed by atoms with E-state index >= 15 is 0 Å². The summed E-state index contributed by atoms with van der Waals surface area (Å²) in [7, 11) is 0. The van der Waals surface area contributed by atoms with Crippen molar-refractivity contribution in [2.24, 2.45) is 0 Å². The SMILES string of the molecule is C=C/C(=C\C=C(/C)O)C/C(C=C)=C/C=C(\C)O. The summed E-state index contributed by atoms with van der Waals surface area (Å²) in [4.78, 5) is 0. The monoisotopic (exact) mass is 232 g/mol. The van der Waals surface area contributed by atoms with Gasteiger partial charge in [0.2, 0.25) is 0 Å². The molecule has 0 amide bonds. The minimum Gasteiger partial charge on any atom is -0.513 e. The molecular weight excluding hydrogens is 212 g/mol. The number of hydrogen-bond donors (Lipinski definition) is 2. The fourth-order valence-corrected chi connectivity index (χ4v) is 1.09. The van der Waals surface area contributed by atoms with Crippen LogP contribution in [0.4, 0.5) is 0 Å². The lowest BCUT2D eigenvalue weighted by Crippen LogP contribution is -1.83. The normalized spacial score (nSPS) is 14.7. The van der Waals surface area contributed by atoms with Crippen LogP contribution in [-0.2, 0) is 0 Å². The van der Waals surface area contributed by atoms with Gasteiger partial charge in [-0.1, -0.05) is 37.5 Å². The number of aliphatic hydroxyl groups is 2. The maximum atomic E-state index is 9.07. The summed E-state index contributed by atoms with van der Waals surface area (Å²) in [6.45, 7) is 10.7. The molecule has 0 aliphatic heterocycles. The highest BCUT2D eigenvalue weighted by molar-refractivity contribution is 5.33. The Morgan fingerprint density at radius 2 is 1.18 bits per heavy atom. The molecule has 0 aromatic carbocycles. The first-order valence-electron chi connectivity index (χ1n) is 5.37. The lowest BCUT2D eigenvalue weighted by Gasteiger charge is -2.02. The van der Waals surface area contributed by atoms with Crippen molar-refractivity contribution in [3.05, 3.63) is 72.3 Å². The van der Waals surface area contributed by atoms with E-state index in [1.807, 2.05) is 0 Å². The molecular formula is C15H20O2. The van der Waals surface area contributed by atoms with E-state index < -0.39 is 0 Å². The van der Waals surface area contributed by atoms with Crippen LogP contribution >= 0.6 is 0 Å². The number of allylic oxidation sites excluding steroid dienone is 10. The Hall–Kier alpha value is -1.96. The van der Waals surface area contributed by atoms with Crippen LogP contribution in [0, 0.1) is 0 Å². The highest BCUT2D eigenvalue weighted by Crippen LogP contribution is 2.14. The van der Waals surface area contributed by atoms with Crippen molar-refractivity contribution in [2.75, 3.05) is 0 Å². The molecule has 0 aromatic heterocycles. The van der Waals surface area contributed by atoms with E-state index in [2.05, 4.69) is 13.2 Å². The Labute approximate surface area is 103 Å². The molecule has 0 aliphatic rings. The summed E-state index contributed by atoms with van der Waals surface area (Å²) in [5.41, 5.74) is 1.93. The zero-order valence-electron chi connectivity index (χ0n) is 10.5. The van der Waals surface area contributed by atoms with E-state index in [0.717, 1.165) is 11.1 Å². The van der Waals surface area contributed by atoms with Gasteiger partial charge in [0.1, 0.15) is 0 Å². The summed E-state index contributed by atoms with van der Waals surface area (Å²) in [5, 5.41) is 18.1. The van der Waals surface area contributed by atoms with Gasteiger partial charge in [0.05, 0.1) is 11.5 Å². The van der Waals surface area contributed by atoms with E-state index in [1.165, 1.54) is 0 Å². The standard InChI is InChI=1S/C15H20O2/c1-5-14(9-7-12(3)16)11-15(6-2)10-8-13(4)17/h5-10,16-17H,1-2,11H2,3-4H3/b12-7+,13-8+,14-9+,15-10+. The third-order valence-electron chi connectivity index (χ3n) is 2.01. The average molecular weight is 232 g/mol. The molecule has 0 aromatic rings. The van der Waals surface area contributed by atoms with Gasteiger partial charge in [0, 0.05) is 0 Å². The molecule has 17 heavy (non-hydrogen) atoms. The number of hydrogen-bond acceptors (Lipinski definition) is 2. The molecule has 0 bridgehead atoms.